The van der Waals surface area contributed by atoms with Crippen molar-refractivity contribution in [3.63, 3.8) is 0 Å². The van der Waals surface area contributed by atoms with E-state index in [1.807, 2.05) is 12.1 Å². The number of hydrogen-bond acceptors (Lipinski definition) is 1. The van der Waals surface area contributed by atoms with Crippen molar-refractivity contribution in [3.8, 4) is 0 Å². The molecule has 1 heterocycles. The lowest BCUT2D eigenvalue weighted by Crippen LogP contribution is -2.10. The van der Waals surface area contributed by atoms with Crippen LogP contribution in [0.5, 0.6) is 0 Å². The first-order valence-electron chi connectivity index (χ1n) is 5.16. The zero-order chi connectivity index (χ0) is 10.4. The Balaban J connectivity index is 2.21. The highest BCUT2D eigenvalue weighted by molar-refractivity contribution is 5.97. The average Bonchev–Trinajstić information content (AvgIpc) is 2.98. The van der Waals surface area contributed by atoms with Crippen molar-refractivity contribution in [2.45, 2.75) is 18.9 Å². The van der Waals surface area contributed by atoms with E-state index < -0.39 is 0 Å². The van der Waals surface area contributed by atoms with Crippen LogP contribution in [0.4, 0.5) is 0 Å². The van der Waals surface area contributed by atoms with Gasteiger partial charge in [0, 0.05) is 23.3 Å². The van der Waals surface area contributed by atoms with E-state index in [0.717, 1.165) is 5.52 Å². The lowest BCUT2D eigenvalue weighted by molar-refractivity contribution is 0.100. The van der Waals surface area contributed by atoms with Crippen molar-refractivity contribution in [3.05, 3.63) is 36.0 Å². The van der Waals surface area contributed by atoms with Gasteiger partial charge in [-0.15, -0.1) is 0 Å². The molecule has 3 rings (SSSR count). The number of aromatic nitrogens is 1. The molecule has 1 amide bonds. The highest BCUT2D eigenvalue weighted by Gasteiger charge is 2.24. The van der Waals surface area contributed by atoms with Gasteiger partial charge in [-0.25, -0.2) is 0 Å². The van der Waals surface area contributed by atoms with Gasteiger partial charge >= 0.3 is 0 Å². The van der Waals surface area contributed by atoms with Gasteiger partial charge in [-0.05, 0) is 36.4 Å². The van der Waals surface area contributed by atoms with Crippen molar-refractivity contribution in [1.29, 1.82) is 0 Å². The Bertz CT molecular complexity index is 538. The van der Waals surface area contributed by atoms with E-state index in [2.05, 4.69) is 16.8 Å². The predicted molar refractivity (Wildman–Crippen MR) is 58.7 cm³/mol. The lowest BCUT2D eigenvalue weighted by Gasteiger charge is -2.03. The predicted octanol–water partition coefficient (Wildman–Crippen LogP) is 2.08. The second-order valence-electron chi connectivity index (χ2n) is 4.09. The Hall–Kier alpha value is -1.77. The molecule has 1 aliphatic carbocycles. The van der Waals surface area contributed by atoms with Crippen LogP contribution < -0.4 is 5.73 Å². The summed E-state index contributed by atoms with van der Waals surface area (Å²) >= 11 is 0. The molecular weight excluding hydrogens is 188 g/mol. The number of carbonyl (C=O) groups is 1. The van der Waals surface area contributed by atoms with Crippen LogP contribution in [0.25, 0.3) is 10.9 Å². The van der Waals surface area contributed by atoms with Crippen LogP contribution in [0.3, 0.4) is 0 Å². The molecule has 0 unspecified atom stereocenters. The van der Waals surface area contributed by atoms with Gasteiger partial charge in [0.05, 0.1) is 0 Å². The van der Waals surface area contributed by atoms with E-state index >= 15 is 0 Å². The zero-order valence-corrected chi connectivity index (χ0v) is 8.31. The Labute approximate surface area is 87.5 Å². The summed E-state index contributed by atoms with van der Waals surface area (Å²) in [7, 11) is 0. The molecule has 0 saturated heterocycles. The molecule has 2 N–H and O–H groups in total. The molecule has 15 heavy (non-hydrogen) atoms. The summed E-state index contributed by atoms with van der Waals surface area (Å²) in [5.41, 5.74) is 6.97. The zero-order valence-electron chi connectivity index (χ0n) is 8.31. The third-order valence-electron chi connectivity index (χ3n) is 2.95. The number of nitrogens with zero attached hydrogens (tertiary/aromatic N) is 1. The molecule has 2 aromatic rings. The van der Waals surface area contributed by atoms with Gasteiger partial charge in [0.25, 0.3) is 0 Å². The number of benzene rings is 1. The maximum absolute atomic E-state index is 11.1. The Kier molecular flexibility index (Phi) is 1.63. The Morgan fingerprint density at radius 2 is 2.13 bits per heavy atom. The molecule has 1 saturated carbocycles. The topological polar surface area (TPSA) is 48.0 Å². The van der Waals surface area contributed by atoms with Crippen LogP contribution >= 0.6 is 0 Å². The molecule has 0 bridgehead atoms. The number of fused-ring (bicyclic) bond motifs is 1. The normalized spacial score (nSPS) is 15.7. The van der Waals surface area contributed by atoms with Gasteiger partial charge in [0.1, 0.15) is 0 Å². The highest BCUT2D eigenvalue weighted by Crippen LogP contribution is 2.37. The van der Waals surface area contributed by atoms with Crippen LogP contribution in [0.2, 0.25) is 0 Å². The third-order valence-corrected chi connectivity index (χ3v) is 2.95. The van der Waals surface area contributed by atoms with Crippen LogP contribution in [-0.4, -0.2) is 10.5 Å². The highest BCUT2D eigenvalue weighted by atomic mass is 16.1. The number of rotatable bonds is 2. The molecule has 76 valence electrons. The minimum Gasteiger partial charge on any atom is -0.366 e. The van der Waals surface area contributed by atoms with Gasteiger partial charge in [-0.1, -0.05) is 6.07 Å². The van der Waals surface area contributed by atoms with Crippen molar-refractivity contribution in [2.75, 3.05) is 0 Å². The molecule has 3 heteroatoms. The van der Waals surface area contributed by atoms with Gasteiger partial charge in [-0.2, -0.15) is 0 Å². The van der Waals surface area contributed by atoms with E-state index in [9.17, 15) is 4.79 Å². The first-order valence-corrected chi connectivity index (χ1v) is 5.16. The Morgan fingerprint density at radius 1 is 1.33 bits per heavy atom. The summed E-state index contributed by atoms with van der Waals surface area (Å²) in [5.74, 6) is -0.361. The van der Waals surface area contributed by atoms with Crippen LogP contribution in [0.15, 0.2) is 30.5 Å². The minimum absolute atomic E-state index is 0.361. The van der Waals surface area contributed by atoms with Gasteiger partial charge in [-0.3, -0.25) is 4.79 Å². The smallest absolute Gasteiger partial charge is 0.248 e. The van der Waals surface area contributed by atoms with E-state index in [0.29, 0.717) is 11.6 Å². The van der Waals surface area contributed by atoms with E-state index in [4.69, 9.17) is 5.73 Å². The molecular formula is C12H12N2O. The SMILES string of the molecule is NC(=O)c1ccc2ccn(C3CC3)c2c1. The molecule has 0 spiro atoms. The first-order chi connectivity index (χ1) is 7.25. The van der Waals surface area contributed by atoms with Crippen molar-refractivity contribution in [2.24, 2.45) is 5.73 Å². The number of primary amides is 1. The minimum atomic E-state index is -0.361. The number of hydrogen-bond donors (Lipinski definition) is 1. The quantitative estimate of drug-likeness (QED) is 0.792. The third kappa shape index (κ3) is 1.31. The summed E-state index contributed by atoms with van der Waals surface area (Å²) < 4.78 is 2.24. The van der Waals surface area contributed by atoms with E-state index in [1.54, 1.807) is 6.07 Å². The molecule has 0 aliphatic heterocycles. The van der Waals surface area contributed by atoms with E-state index in [1.165, 1.54) is 18.2 Å². The van der Waals surface area contributed by atoms with Crippen molar-refractivity contribution >= 4 is 16.8 Å². The number of carbonyl (C=O) groups excluding carboxylic acids is 1. The summed E-state index contributed by atoms with van der Waals surface area (Å²) in [4.78, 5) is 11.1. The average molecular weight is 200 g/mol. The molecule has 0 atom stereocenters. The fraction of sp³-hybridized carbons (Fsp3) is 0.250. The largest absolute Gasteiger partial charge is 0.366 e. The summed E-state index contributed by atoms with van der Waals surface area (Å²) in [6.07, 6.45) is 4.57. The molecule has 3 nitrogen and oxygen atoms in total. The maximum atomic E-state index is 11.1. The fourth-order valence-corrected chi connectivity index (χ4v) is 1.97. The van der Waals surface area contributed by atoms with Crippen molar-refractivity contribution in [1.82, 2.24) is 4.57 Å². The molecule has 0 radical (unpaired) electrons. The molecule has 1 aromatic carbocycles. The number of amides is 1. The summed E-state index contributed by atoms with van der Waals surface area (Å²) in [6, 6.07) is 8.33. The van der Waals surface area contributed by atoms with Crippen LogP contribution in [-0.2, 0) is 0 Å². The Morgan fingerprint density at radius 3 is 2.80 bits per heavy atom. The number of nitrogens with two attached hydrogens (primary N) is 1. The first kappa shape index (κ1) is 8.53. The molecule has 1 aliphatic rings. The van der Waals surface area contributed by atoms with Crippen LogP contribution in [0, 0.1) is 0 Å². The molecule has 1 aromatic heterocycles. The van der Waals surface area contributed by atoms with Gasteiger partial charge in [0.15, 0.2) is 0 Å². The van der Waals surface area contributed by atoms with Gasteiger partial charge < -0.3 is 10.3 Å². The second kappa shape index (κ2) is 2.86. The summed E-state index contributed by atoms with van der Waals surface area (Å²) in [5, 5.41) is 1.17. The monoisotopic (exact) mass is 200 g/mol. The standard InChI is InChI=1S/C12H12N2O/c13-12(15)9-2-1-8-5-6-14(10-3-4-10)11(8)7-9/h1-2,5-7,10H,3-4H2,(H2,13,15). The van der Waals surface area contributed by atoms with E-state index in [-0.39, 0.29) is 5.91 Å². The van der Waals surface area contributed by atoms with Crippen LogP contribution in [0.1, 0.15) is 29.2 Å². The molecule has 1 fully saturated rings. The fourth-order valence-electron chi connectivity index (χ4n) is 1.97. The maximum Gasteiger partial charge on any atom is 0.248 e. The van der Waals surface area contributed by atoms with Crippen molar-refractivity contribution < 1.29 is 4.79 Å². The summed E-state index contributed by atoms with van der Waals surface area (Å²) in [6.45, 7) is 0. The lowest BCUT2D eigenvalue weighted by atomic mass is 10.1. The van der Waals surface area contributed by atoms with Gasteiger partial charge in [0.2, 0.25) is 5.91 Å². The second-order valence-corrected chi connectivity index (χ2v) is 4.09.